The molecule has 9 heteroatoms. The minimum atomic E-state index is -2.85. The maximum Gasteiger partial charge on any atom is 0.455 e. The predicted molar refractivity (Wildman–Crippen MR) is 112 cm³/mol. The summed E-state index contributed by atoms with van der Waals surface area (Å²) in [6.07, 6.45) is 3.38. The summed E-state index contributed by atoms with van der Waals surface area (Å²) in [6.45, 7) is 6.88. The van der Waals surface area contributed by atoms with Crippen molar-refractivity contribution in [2.75, 3.05) is 0 Å². The standard InChI is InChI=1S/C20H21N3O4S2/c1-13(2)10-17-11-18(19(28-17)27-20(24)22-29(25)26)16-6-4-15(5-7-16)12-23-9-8-21-14(23)3/h4-9,11,13H,10,12H2,1-3H3. The van der Waals surface area contributed by atoms with Gasteiger partial charge in [0.1, 0.15) is 5.82 Å². The second-order valence-corrected chi connectivity index (χ2v) is 8.70. The van der Waals surface area contributed by atoms with E-state index in [0.29, 0.717) is 17.5 Å². The number of aromatic nitrogens is 2. The number of thiophene rings is 1. The third kappa shape index (κ3) is 5.61. The van der Waals surface area contributed by atoms with E-state index in [1.54, 1.807) is 6.20 Å². The van der Waals surface area contributed by atoms with Gasteiger partial charge < -0.3 is 9.30 Å². The molecule has 0 saturated carbocycles. The quantitative estimate of drug-likeness (QED) is 0.563. The van der Waals surface area contributed by atoms with Crippen LogP contribution in [0.3, 0.4) is 0 Å². The van der Waals surface area contributed by atoms with Gasteiger partial charge in [0.2, 0.25) is 0 Å². The van der Waals surface area contributed by atoms with E-state index >= 15 is 0 Å². The van der Waals surface area contributed by atoms with Gasteiger partial charge in [-0.2, -0.15) is 8.42 Å². The normalized spacial score (nSPS) is 10.9. The minimum absolute atomic E-state index is 0.345. The number of imidazole rings is 1. The average Bonchev–Trinajstić information content (AvgIpc) is 3.20. The van der Waals surface area contributed by atoms with Gasteiger partial charge in [0.25, 0.3) is 0 Å². The van der Waals surface area contributed by atoms with Gasteiger partial charge in [-0.05, 0) is 36.5 Å². The van der Waals surface area contributed by atoms with Gasteiger partial charge in [-0.25, -0.2) is 9.78 Å². The summed E-state index contributed by atoms with van der Waals surface area (Å²) in [5.41, 5.74) is 2.74. The van der Waals surface area contributed by atoms with Crippen molar-refractivity contribution in [1.29, 1.82) is 0 Å². The van der Waals surface area contributed by atoms with Crippen molar-refractivity contribution in [1.82, 2.24) is 9.55 Å². The molecule has 0 fully saturated rings. The lowest BCUT2D eigenvalue weighted by Gasteiger charge is -2.07. The highest BCUT2D eigenvalue weighted by Crippen LogP contribution is 2.39. The van der Waals surface area contributed by atoms with Crippen LogP contribution in [0.15, 0.2) is 47.1 Å². The third-order valence-electron chi connectivity index (χ3n) is 4.23. The fraction of sp³-hybridized carbons (Fsp3) is 0.300. The first-order valence-corrected chi connectivity index (χ1v) is 10.9. The van der Waals surface area contributed by atoms with Crippen LogP contribution in [-0.2, 0) is 23.5 Å². The number of carbonyl (C=O) groups is 1. The number of amides is 1. The summed E-state index contributed by atoms with van der Waals surface area (Å²) >= 11 is 1.33. The summed E-state index contributed by atoms with van der Waals surface area (Å²) in [5, 5.41) is 0.345. The highest BCUT2D eigenvalue weighted by Gasteiger charge is 2.17. The van der Waals surface area contributed by atoms with Crippen molar-refractivity contribution in [3.8, 4) is 16.2 Å². The van der Waals surface area contributed by atoms with E-state index in [1.165, 1.54) is 11.3 Å². The number of carbonyl (C=O) groups excluding carboxylic acids is 1. The topological polar surface area (TPSA) is 90.6 Å². The Labute approximate surface area is 174 Å². The van der Waals surface area contributed by atoms with Gasteiger partial charge in [-0.1, -0.05) is 42.5 Å². The van der Waals surface area contributed by atoms with Gasteiger partial charge in [0.05, 0.1) is 0 Å². The zero-order valence-corrected chi connectivity index (χ0v) is 18.0. The molecular formula is C20H21N3O4S2. The summed E-state index contributed by atoms with van der Waals surface area (Å²) in [7, 11) is -2.85. The molecule has 2 aromatic heterocycles. The highest BCUT2D eigenvalue weighted by atomic mass is 32.2. The lowest BCUT2D eigenvalue weighted by atomic mass is 10.0. The molecule has 0 aliphatic rings. The molecular weight excluding hydrogens is 410 g/mol. The Morgan fingerprint density at radius 2 is 2.00 bits per heavy atom. The van der Waals surface area contributed by atoms with Gasteiger partial charge in [-0.3, -0.25) is 0 Å². The van der Waals surface area contributed by atoms with E-state index in [-0.39, 0.29) is 0 Å². The highest BCUT2D eigenvalue weighted by molar-refractivity contribution is 7.62. The van der Waals surface area contributed by atoms with Crippen molar-refractivity contribution in [3.05, 3.63) is 59.0 Å². The Morgan fingerprint density at radius 1 is 1.28 bits per heavy atom. The van der Waals surface area contributed by atoms with Crippen LogP contribution < -0.4 is 4.74 Å². The molecule has 0 radical (unpaired) electrons. The number of ether oxygens (including phenoxy) is 1. The average molecular weight is 432 g/mol. The molecule has 3 aromatic rings. The molecule has 152 valence electrons. The van der Waals surface area contributed by atoms with Crippen LogP contribution >= 0.6 is 11.3 Å². The summed E-state index contributed by atoms with van der Waals surface area (Å²) < 4.78 is 31.4. The molecule has 29 heavy (non-hydrogen) atoms. The zero-order chi connectivity index (χ0) is 21.0. The fourth-order valence-corrected chi connectivity index (χ4v) is 4.31. The van der Waals surface area contributed by atoms with Crippen LogP contribution in [0.2, 0.25) is 0 Å². The first kappa shape index (κ1) is 20.9. The lowest BCUT2D eigenvalue weighted by Crippen LogP contribution is -2.01. The van der Waals surface area contributed by atoms with Crippen LogP contribution in [0.5, 0.6) is 5.06 Å². The van der Waals surface area contributed by atoms with Crippen molar-refractivity contribution < 1.29 is 17.9 Å². The molecule has 0 bridgehead atoms. The smallest absolute Gasteiger partial charge is 0.396 e. The molecule has 0 N–H and O–H groups in total. The molecule has 0 atom stereocenters. The monoisotopic (exact) mass is 431 g/mol. The Kier molecular flexibility index (Phi) is 6.60. The van der Waals surface area contributed by atoms with E-state index in [4.69, 9.17) is 4.74 Å². The fourth-order valence-electron chi connectivity index (χ4n) is 2.92. The zero-order valence-electron chi connectivity index (χ0n) is 16.3. The predicted octanol–water partition coefficient (Wildman–Crippen LogP) is 4.73. The molecule has 0 aliphatic carbocycles. The SMILES string of the molecule is Cc1nccn1Cc1ccc(-c2cc(CC(C)C)sc2OC(=O)N=S(=O)=O)cc1. The molecule has 7 nitrogen and oxygen atoms in total. The van der Waals surface area contributed by atoms with Crippen LogP contribution in [0.1, 0.15) is 30.1 Å². The number of hydrogen-bond acceptors (Lipinski definition) is 6. The summed E-state index contributed by atoms with van der Waals surface area (Å²) in [4.78, 5) is 17.0. The van der Waals surface area contributed by atoms with E-state index in [2.05, 4.69) is 27.8 Å². The molecule has 1 aromatic carbocycles. The molecule has 3 rings (SSSR count). The Hall–Kier alpha value is -2.78. The second-order valence-electron chi connectivity index (χ2n) is 6.99. The Balaban J connectivity index is 1.89. The van der Waals surface area contributed by atoms with Crippen LogP contribution in [0, 0.1) is 12.8 Å². The van der Waals surface area contributed by atoms with E-state index in [1.807, 2.05) is 43.5 Å². The molecule has 0 saturated heterocycles. The number of benzene rings is 1. The maximum atomic E-state index is 11.7. The van der Waals surface area contributed by atoms with Crippen LogP contribution in [-0.4, -0.2) is 24.1 Å². The molecule has 0 spiro atoms. The number of aryl methyl sites for hydroxylation is 1. The second kappa shape index (κ2) is 9.15. The van der Waals surface area contributed by atoms with Crippen molar-refractivity contribution in [2.45, 2.75) is 33.7 Å². The van der Waals surface area contributed by atoms with Crippen molar-refractivity contribution >= 4 is 27.9 Å². The van der Waals surface area contributed by atoms with Crippen LogP contribution in [0.4, 0.5) is 4.79 Å². The van der Waals surface area contributed by atoms with E-state index < -0.39 is 16.6 Å². The number of rotatable bonds is 6. The Bertz CT molecular complexity index is 1130. The van der Waals surface area contributed by atoms with Gasteiger partial charge in [0, 0.05) is 29.4 Å². The third-order valence-corrected chi connectivity index (χ3v) is 5.56. The first-order valence-electron chi connectivity index (χ1n) is 9.04. The molecule has 0 unspecified atom stereocenters. The van der Waals surface area contributed by atoms with E-state index in [0.717, 1.165) is 33.8 Å². The van der Waals surface area contributed by atoms with Crippen molar-refractivity contribution in [3.63, 3.8) is 0 Å². The minimum Gasteiger partial charge on any atom is -0.396 e. The van der Waals surface area contributed by atoms with E-state index in [9.17, 15) is 13.2 Å². The largest absolute Gasteiger partial charge is 0.455 e. The molecule has 1 amide bonds. The van der Waals surface area contributed by atoms with Gasteiger partial charge in [0.15, 0.2) is 5.06 Å². The van der Waals surface area contributed by atoms with Crippen LogP contribution in [0.25, 0.3) is 11.1 Å². The molecule has 0 aliphatic heterocycles. The first-order chi connectivity index (χ1) is 13.8. The maximum absolute atomic E-state index is 11.7. The van der Waals surface area contributed by atoms with Crippen molar-refractivity contribution in [2.24, 2.45) is 10.3 Å². The van der Waals surface area contributed by atoms with Gasteiger partial charge >= 0.3 is 16.6 Å². The van der Waals surface area contributed by atoms with Gasteiger partial charge in [-0.15, -0.1) is 11.3 Å². The lowest BCUT2D eigenvalue weighted by molar-refractivity contribution is 0.213. The Morgan fingerprint density at radius 3 is 2.59 bits per heavy atom. The molecule has 2 heterocycles. The summed E-state index contributed by atoms with van der Waals surface area (Å²) in [6, 6.07) is 9.93. The number of nitrogens with zero attached hydrogens (tertiary/aromatic N) is 3. The number of hydrogen-bond donors (Lipinski definition) is 0. The summed E-state index contributed by atoms with van der Waals surface area (Å²) in [5.74, 6) is 1.38.